The minimum atomic E-state index is 0.510. The molecular weight excluding hydrogens is 196 g/mol. The Morgan fingerprint density at radius 2 is 2.00 bits per heavy atom. The number of hydrogen-bond donors (Lipinski definition) is 1. The fraction of sp³-hybridized carbons (Fsp3) is 0.429. The van der Waals surface area contributed by atoms with Crippen molar-refractivity contribution in [3.63, 3.8) is 0 Å². The lowest BCUT2D eigenvalue weighted by Crippen LogP contribution is -2.15. The van der Waals surface area contributed by atoms with E-state index in [1.807, 2.05) is 0 Å². The first kappa shape index (κ1) is 9.91. The molecule has 1 aliphatic carbocycles. The van der Waals surface area contributed by atoms with Crippen LogP contribution < -0.4 is 5.73 Å². The highest BCUT2D eigenvalue weighted by Crippen LogP contribution is 2.50. The lowest BCUT2D eigenvalue weighted by atomic mass is 10.0. The van der Waals surface area contributed by atoms with Crippen molar-refractivity contribution in [2.45, 2.75) is 25.8 Å². The fourth-order valence-electron chi connectivity index (χ4n) is 2.61. The van der Waals surface area contributed by atoms with Crippen LogP contribution in [0.4, 0.5) is 0 Å². The average Bonchev–Trinajstić information content (AvgIpc) is 2.93. The van der Waals surface area contributed by atoms with Gasteiger partial charge in [-0.15, -0.1) is 0 Å². The highest BCUT2D eigenvalue weighted by molar-refractivity contribution is 5.79. The standard InChI is InChI=1S/C14H18N2/c15-9-8-14(6-7-14)11-16-10-5-12-3-1-2-4-13(12)16/h1-5,10H,6-9,11,15H2. The topological polar surface area (TPSA) is 30.9 Å². The van der Waals surface area contributed by atoms with E-state index in [2.05, 4.69) is 41.1 Å². The monoisotopic (exact) mass is 214 g/mol. The first-order chi connectivity index (χ1) is 7.83. The van der Waals surface area contributed by atoms with E-state index < -0.39 is 0 Å². The molecule has 3 rings (SSSR count). The molecule has 2 aromatic rings. The fourth-order valence-corrected chi connectivity index (χ4v) is 2.61. The summed E-state index contributed by atoms with van der Waals surface area (Å²) in [6, 6.07) is 10.8. The van der Waals surface area contributed by atoms with Gasteiger partial charge in [-0.1, -0.05) is 18.2 Å². The third kappa shape index (κ3) is 1.63. The Morgan fingerprint density at radius 3 is 2.75 bits per heavy atom. The summed E-state index contributed by atoms with van der Waals surface area (Å²) < 4.78 is 2.39. The molecule has 1 aromatic heterocycles. The zero-order valence-corrected chi connectivity index (χ0v) is 9.52. The number of benzene rings is 1. The first-order valence-corrected chi connectivity index (χ1v) is 6.07. The van der Waals surface area contributed by atoms with Gasteiger partial charge in [-0.05, 0) is 48.7 Å². The molecule has 2 heteroatoms. The normalized spacial score (nSPS) is 17.8. The summed E-state index contributed by atoms with van der Waals surface area (Å²) >= 11 is 0. The number of rotatable bonds is 4. The molecule has 0 bridgehead atoms. The average molecular weight is 214 g/mol. The summed E-state index contributed by atoms with van der Waals surface area (Å²) in [6.07, 6.45) is 6.06. The minimum Gasteiger partial charge on any atom is -0.347 e. The van der Waals surface area contributed by atoms with E-state index >= 15 is 0 Å². The predicted octanol–water partition coefficient (Wildman–Crippen LogP) is 2.77. The Balaban J connectivity index is 1.89. The van der Waals surface area contributed by atoms with E-state index in [0.717, 1.165) is 13.1 Å². The molecule has 0 aliphatic heterocycles. The van der Waals surface area contributed by atoms with Crippen molar-refractivity contribution in [3.05, 3.63) is 36.5 Å². The van der Waals surface area contributed by atoms with Gasteiger partial charge in [0.2, 0.25) is 0 Å². The van der Waals surface area contributed by atoms with E-state index in [-0.39, 0.29) is 0 Å². The van der Waals surface area contributed by atoms with Gasteiger partial charge in [-0.3, -0.25) is 0 Å². The highest BCUT2D eigenvalue weighted by Gasteiger charge is 2.41. The SMILES string of the molecule is NCCC1(Cn2ccc3ccccc32)CC1. The van der Waals surface area contributed by atoms with Crippen molar-refractivity contribution < 1.29 is 0 Å². The molecule has 2 N–H and O–H groups in total. The van der Waals surface area contributed by atoms with Gasteiger partial charge in [-0.25, -0.2) is 0 Å². The number of fused-ring (bicyclic) bond motifs is 1. The van der Waals surface area contributed by atoms with Gasteiger partial charge < -0.3 is 10.3 Å². The second-order valence-electron chi connectivity index (χ2n) is 5.04. The molecule has 0 amide bonds. The number of hydrogen-bond acceptors (Lipinski definition) is 1. The second-order valence-corrected chi connectivity index (χ2v) is 5.04. The van der Waals surface area contributed by atoms with Crippen molar-refractivity contribution in [2.75, 3.05) is 6.54 Å². The molecule has 2 nitrogen and oxygen atoms in total. The van der Waals surface area contributed by atoms with Crippen LogP contribution in [-0.2, 0) is 6.54 Å². The van der Waals surface area contributed by atoms with Crippen LogP contribution >= 0.6 is 0 Å². The molecule has 84 valence electrons. The van der Waals surface area contributed by atoms with Crippen LogP contribution in [0.15, 0.2) is 36.5 Å². The lowest BCUT2D eigenvalue weighted by molar-refractivity contribution is 0.405. The molecular formula is C14H18N2. The quantitative estimate of drug-likeness (QED) is 0.833. The van der Waals surface area contributed by atoms with E-state index in [4.69, 9.17) is 5.73 Å². The third-order valence-corrected chi connectivity index (χ3v) is 3.82. The maximum absolute atomic E-state index is 5.69. The molecule has 1 heterocycles. The van der Waals surface area contributed by atoms with Crippen LogP contribution in [0.25, 0.3) is 10.9 Å². The van der Waals surface area contributed by atoms with Gasteiger partial charge in [-0.2, -0.15) is 0 Å². The molecule has 0 radical (unpaired) electrons. The van der Waals surface area contributed by atoms with Gasteiger partial charge >= 0.3 is 0 Å². The zero-order chi connectivity index (χ0) is 11.0. The van der Waals surface area contributed by atoms with Crippen molar-refractivity contribution >= 4 is 10.9 Å². The lowest BCUT2D eigenvalue weighted by Gasteiger charge is -2.15. The Bertz CT molecular complexity index is 494. The van der Waals surface area contributed by atoms with E-state index in [1.165, 1.54) is 30.2 Å². The van der Waals surface area contributed by atoms with Crippen LogP contribution in [0.5, 0.6) is 0 Å². The van der Waals surface area contributed by atoms with Crippen molar-refractivity contribution in [2.24, 2.45) is 11.1 Å². The van der Waals surface area contributed by atoms with Crippen LogP contribution in [-0.4, -0.2) is 11.1 Å². The summed E-state index contributed by atoms with van der Waals surface area (Å²) in [6.45, 7) is 1.96. The first-order valence-electron chi connectivity index (χ1n) is 6.07. The second kappa shape index (κ2) is 3.63. The molecule has 1 saturated carbocycles. The third-order valence-electron chi connectivity index (χ3n) is 3.82. The molecule has 0 spiro atoms. The number of nitrogens with zero attached hydrogens (tertiary/aromatic N) is 1. The Hall–Kier alpha value is -1.28. The summed E-state index contributed by atoms with van der Waals surface area (Å²) in [4.78, 5) is 0. The minimum absolute atomic E-state index is 0.510. The number of nitrogens with two attached hydrogens (primary N) is 1. The largest absolute Gasteiger partial charge is 0.347 e. The maximum Gasteiger partial charge on any atom is 0.0480 e. The van der Waals surface area contributed by atoms with Gasteiger partial charge in [0.25, 0.3) is 0 Å². The van der Waals surface area contributed by atoms with Crippen molar-refractivity contribution in [1.29, 1.82) is 0 Å². The maximum atomic E-state index is 5.69. The molecule has 1 fully saturated rings. The summed E-state index contributed by atoms with van der Waals surface area (Å²) in [5, 5.41) is 1.34. The molecule has 1 aromatic carbocycles. The van der Waals surface area contributed by atoms with Gasteiger partial charge in [0.05, 0.1) is 0 Å². The Kier molecular flexibility index (Phi) is 2.25. The Morgan fingerprint density at radius 1 is 1.19 bits per heavy atom. The molecule has 16 heavy (non-hydrogen) atoms. The zero-order valence-electron chi connectivity index (χ0n) is 9.52. The van der Waals surface area contributed by atoms with E-state index in [1.54, 1.807) is 0 Å². The smallest absolute Gasteiger partial charge is 0.0480 e. The number of aromatic nitrogens is 1. The van der Waals surface area contributed by atoms with Crippen molar-refractivity contribution in [3.8, 4) is 0 Å². The van der Waals surface area contributed by atoms with Crippen LogP contribution in [0, 0.1) is 5.41 Å². The summed E-state index contributed by atoms with van der Waals surface area (Å²) in [5.41, 5.74) is 7.55. The van der Waals surface area contributed by atoms with E-state index in [0.29, 0.717) is 5.41 Å². The Labute approximate surface area is 96.1 Å². The summed E-state index contributed by atoms with van der Waals surface area (Å²) in [7, 11) is 0. The van der Waals surface area contributed by atoms with Gasteiger partial charge in [0.1, 0.15) is 0 Å². The van der Waals surface area contributed by atoms with Gasteiger partial charge in [0, 0.05) is 18.3 Å². The van der Waals surface area contributed by atoms with Crippen molar-refractivity contribution in [1.82, 2.24) is 4.57 Å². The summed E-state index contributed by atoms with van der Waals surface area (Å²) in [5.74, 6) is 0. The molecule has 1 aliphatic rings. The van der Waals surface area contributed by atoms with Gasteiger partial charge in [0.15, 0.2) is 0 Å². The van der Waals surface area contributed by atoms with Crippen LogP contribution in [0.1, 0.15) is 19.3 Å². The highest BCUT2D eigenvalue weighted by atomic mass is 15.0. The predicted molar refractivity (Wildman–Crippen MR) is 67.3 cm³/mol. The molecule has 0 atom stereocenters. The van der Waals surface area contributed by atoms with Crippen LogP contribution in [0.2, 0.25) is 0 Å². The van der Waals surface area contributed by atoms with E-state index in [9.17, 15) is 0 Å². The molecule has 0 unspecified atom stereocenters. The molecule has 0 saturated heterocycles. The van der Waals surface area contributed by atoms with Crippen LogP contribution in [0.3, 0.4) is 0 Å². The number of para-hydroxylation sites is 1.